The van der Waals surface area contributed by atoms with Gasteiger partial charge in [0.05, 0.1) is 12.6 Å². The Morgan fingerprint density at radius 2 is 2.17 bits per heavy atom. The summed E-state index contributed by atoms with van der Waals surface area (Å²) in [5.41, 5.74) is 2.17. The maximum Gasteiger partial charge on any atom is 0.241 e. The standard InChI is InChI=1S/C18H25N3O3/c1-14-4-2-5-15(12-14)18-19-17(24-20-18)13-21-8-6-16(7-9-21)23-11-3-10-22/h2,4-5,12,16,22H,3,6-11,13H2,1H3. The SMILES string of the molecule is Cc1cccc(-c2noc(CN3CCC(OCCCO)CC3)n2)c1. The number of aliphatic hydroxyl groups is 1. The maximum atomic E-state index is 8.79. The number of nitrogens with zero attached hydrogens (tertiary/aromatic N) is 3. The summed E-state index contributed by atoms with van der Waals surface area (Å²) in [5, 5.41) is 12.9. The average Bonchev–Trinajstić information content (AvgIpc) is 3.05. The van der Waals surface area contributed by atoms with Crippen LogP contribution in [0.4, 0.5) is 0 Å². The van der Waals surface area contributed by atoms with E-state index >= 15 is 0 Å². The fraction of sp³-hybridized carbons (Fsp3) is 0.556. The molecular formula is C18H25N3O3. The lowest BCUT2D eigenvalue weighted by Crippen LogP contribution is -2.36. The molecule has 1 N–H and O–H groups in total. The average molecular weight is 331 g/mol. The molecule has 1 aromatic carbocycles. The van der Waals surface area contributed by atoms with Gasteiger partial charge in [-0.25, -0.2) is 0 Å². The molecule has 0 amide bonds. The Hall–Kier alpha value is -1.76. The molecule has 6 heteroatoms. The van der Waals surface area contributed by atoms with E-state index in [1.165, 1.54) is 5.56 Å². The van der Waals surface area contributed by atoms with Crippen molar-refractivity contribution in [1.82, 2.24) is 15.0 Å². The first-order valence-electron chi connectivity index (χ1n) is 8.59. The summed E-state index contributed by atoms with van der Waals surface area (Å²) in [6.45, 7) is 5.50. The van der Waals surface area contributed by atoms with Crippen LogP contribution in [0.25, 0.3) is 11.4 Å². The molecule has 3 rings (SSSR count). The lowest BCUT2D eigenvalue weighted by atomic mass is 10.1. The van der Waals surface area contributed by atoms with Gasteiger partial charge in [0.2, 0.25) is 11.7 Å². The Balaban J connectivity index is 1.49. The van der Waals surface area contributed by atoms with Gasteiger partial charge in [-0.05, 0) is 32.3 Å². The van der Waals surface area contributed by atoms with Gasteiger partial charge >= 0.3 is 0 Å². The van der Waals surface area contributed by atoms with E-state index < -0.39 is 0 Å². The highest BCUT2D eigenvalue weighted by atomic mass is 16.5. The van der Waals surface area contributed by atoms with Crippen molar-refractivity contribution in [2.75, 3.05) is 26.3 Å². The zero-order valence-corrected chi connectivity index (χ0v) is 14.1. The largest absolute Gasteiger partial charge is 0.396 e. The predicted molar refractivity (Wildman–Crippen MR) is 90.4 cm³/mol. The van der Waals surface area contributed by atoms with E-state index in [9.17, 15) is 0 Å². The summed E-state index contributed by atoms with van der Waals surface area (Å²) < 4.78 is 11.2. The highest BCUT2D eigenvalue weighted by molar-refractivity contribution is 5.55. The van der Waals surface area contributed by atoms with Crippen molar-refractivity contribution in [2.24, 2.45) is 0 Å². The van der Waals surface area contributed by atoms with Gasteiger partial charge in [-0.3, -0.25) is 4.90 Å². The molecule has 1 aliphatic rings. The molecule has 0 saturated carbocycles. The van der Waals surface area contributed by atoms with Crippen LogP contribution in [-0.2, 0) is 11.3 Å². The minimum atomic E-state index is 0.194. The van der Waals surface area contributed by atoms with Gasteiger partial charge in [-0.2, -0.15) is 4.98 Å². The quantitative estimate of drug-likeness (QED) is 0.786. The maximum absolute atomic E-state index is 8.79. The van der Waals surface area contributed by atoms with Crippen molar-refractivity contribution in [1.29, 1.82) is 0 Å². The van der Waals surface area contributed by atoms with Crippen LogP contribution in [0.5, 0.6) is 0 Å². The normalized spacial score (nSPS) is 16.6. The van der Waals surface area contributed by atoms with Gasteiger partial charge in [-0.1, -0.05) is 28.9 Å². The third-order valence-corrected chi connectivity index (χ3v) is 4.29. The summed E-state index contributed by atoms with van der Waals surface area (Å²) in [5.74, 6) is 1.31. The number of likely N-dealkylation sites (tertiary alicyclic amines) is 1. The minimum Gasteiger partial charge on any atom is -0.396 e. The highest BCUT2D eigenvalue weighted by Crippen LogP contribution is 2.19. The van der Waals surface area contributed by atoms with Gasteiger partial charge in [0, 0.05) is 31.9 Å². The molecule has 24 heavy (non-hydrogen) atoms. The van der Waals surface area contributed by atoms with Gasteiger partial charge < -0.3 is 14.4 Å². The molecule has 1 aliphatic heterocycles. The first-order valence-corrected chi connectivity index (χ1v) is 8.59. The molecule has 1 aromatic heterocycles. The van der Waals surface area contributed by atoms with Gasteiger partial charge in [-0.15, -0.1) is 0 Å². The minimum absolute atomic E-state index is 0.194. The van der Waals surface area contributed by atoms with E-state index in [0.717, 1.165) is 31.5 Å². The van der Waals surface area contributed by atoms with Crippen molar-refractivity contribution in [3.8, 4) is 11.4 Å². The molecule has 0 radical (unpaired) electrons. The van der Waals surface area contributed by atoms with Gasteiger partial charge in [0.15, 0.2) is 0 Å². The Morgan fingerprint density at radius 1 is 1.33 bits per heavy atom. The third-order valence-electron chi connectivity index (χ3n) is 4.29. The van der Waals surface area contributed by atoms with Crippen molar-refractivity contribution < 1.29 is 14.4 Å². The fourth-order valence-corrected chi connectivity index (χ4v) is 2.96. The molecular weight excluding hydrogens is 306 g/mol. The molecule has 0 unspecified atom stereocenters. The summed E-state index contributed by atoms with van der Waals surface area (Å²) >= 11 is 0. The Morgan fingerprint density at radius 3 is 2.92 bits per heavy atom. The summed E-state index contributed by atoms with van der Waals surface area (Å²) in [6, 6.07) is 8.11. The zero-order valence-electron chi connectivity index (χ0n) is 14.1. The number of aromatic nitrogens is 2. The smallest absolute Gasteiger partial charge is 0.241 e. The Bertz CT molecular complexity index is 636. The summed E-state index contributed by atoms with van der Waals surface area (Å²) in [7, 11) is 0. The van der Waals surface area contributed by atoms with Crippen molar-refractivity contribution >= 4 is 0 Å². The van der Waals surface area contributed by atoms with E-state index in [2.05, 4.69) is 34.1 Å². The Kier molecular flexibility index (Phi) is 5.96. The van der Waals surface area contributed by atoms with E-state index in [1.54, 1.807) is 0 Å². The molecule has 2 aromatic rings. The molecule has 0 atom stereocenters. The van der Waals surface area contributed by atoms with Crippen LogP contribution in [0.3, 0.4) is 0 Å². The third kappa shape index (κ3) is 4.63. The van der Waals surface area contributed by atoms with E-state index in [-0.39, 0.29) is 6.61 Å². The van der Waals surface area contributed by atoms with Crippen LogP contribution < -0.4 is 0 Å². The summed E-state index contributed by atoms with van der Waals surface area (Å²) in [4.78, 5) is 6.84. The van der Waals surface area contributed by atoms with E-state index in [4.69, 9.17) is 14.4 Å². The molecule has 2 heterocycles. The van der Waals surface area contributed by atoms with Gasteiger partial charge in [0.25, 0.3) is 0 Å². The number of piperidine rings is 1. The lowest BCUT2D eigenvalue weighted by molar-refractivity contribution is -0.000876. The second kappa shape index (κ2) is 8.37. The number of aliphatic hydroxyl groups excluding tert-OH is 1. The van der Waals surface area contributed by atoms with Crippen LogP contribution in [0.15, 0.2) is 28.8 Å². The van der Waals surface area contributed by atoms with Crippen molar-refractivity contribution in [3.05, 3.63) is 35.7 Å². The van der Waals surface area contributed by atoms with Gasteiger partial charge in [0.1, 0.15) is 0 Å². The zero-order chi connectivity index (χ0) is 16.8. The van der Waals surface area contributed by atoms with Crippen LogP contribution in [0, 0.1) is 6.92 Å². The number of aryl methyl sites for hydroxylation is 1. The van der Waals surface area contributed by atoms with E-state index in [1.807, 2.05) is 12.1 Å². The second-order valence-corrected chi connectivity index (χ2v) is 6.30. The topological polar surface area (TPSA) is 71.6 Å². The number of ether oxygens (including phenoxy) is 1. The number of benzene rings is 1. The van der Waals surface area contributed by atoms with Crippen LogP contribution in [-0.4, -0.2) is 52.6 Å². The molecule has 0 spiro atoms. The van der Waals surface area contributed by atoms with Crippen LogP contribution >= 0.6 is 0 Å². The number of hydrogen-bond acceptors (Lipinski definition) is 6. The first kappa shape index (κ1) is 17.1. The monoisotopic (exact) mass is 331 g/mol. The van der Waals surface area contributed by atoms with Crippen molar-refractivity contribution in [3.63, 3.8) is 0 Å². The number of hydrogen-bond donors (Lipinski definition) is 1. The lowest BCUT2D eigenvalue weighted by Gasteiger charge is -2.30. The molecule has 1 saturated heterocycles. The summed E-state index contributed by atoms with van der Waals surface area (Å²) in [6.07, 6.45) is 3.02. The fourth-order valence-electron chi connectivity index (χ4n) is 2.96. The molecule has 130 valence electrons. The van der Waals surface area contributed by atoms with Crippen LogP contribution in [0.1, 0.15) is 30.7 Å². The van der Waals surface area contributed by atoms with E-state index in [0.29, 0.717) is 37.4 Å². The molecule has 0 aliphatic carbocycles. The Labute approximate surface area is 142 Å². The first-order chi connectivity index (χ1) is 11.7. The van der Waals surface area contributed by atoms with Crippen LogP contribution in [0.2, 0.25) is 0 Å². The van der Waals surface area contributed by atoms with Crippen molar-refractivity contribution in [2.45, 2.75) is 38.8 Å². The predicted octanol–water partition coefficient (Wildman–Crippen LogP) is 2.41. The second-order valence-electron chi connectivity index (χ2n) is 6.30. The molecule has 6 nitrogen and oxygen atoms in total. The highest BCUT2D eigenvalue weighted by Gasteiger charge is 2.21. The number of rotatable bonds is 7. The molecule has 1 fully saturated rings. The molecule has 0 bridgehead atoms.